The van der Waals surface area contributed by atoms with E-state index >= 15 is 0 Å². The molecule has 0 amide bonds. The molecule has 0 saturated carbocycles. The second-order valence-corrected chi connectivity index (χ2v) is 8.32. The lowest BCUT2D eigenvalue weighted by Gasteiger charge is -2.13. The Hall–Kier alpha value is -2.58. The summed E-state index contributed by atoms with van der Waals surface area (Å²) in [4.78, 5) is 8.88. The van der Waals surface area contributed by atoms with E-state index < -0.39 is 11.4 Å². The van der Waals surface area contributed by atoms with Crippen LogP contribution in [0, 0.1) is 6.92 Å². The van der Waals surface area contributed by atoms with Crippen LogP contribution in [0.3, 0.4) is 0 Å². The van der Waals surface area contributed by atoms with Gasteiger partial charge in [-0.05, 0) is 55.4 Å². The van der Waals surface area contributed by atoms with Gasteiger partial charge >= 0.3 is 0 Å². The number of anilines is 2. The lowest BCUT2D eigenvalue weighted by atomic mass is 10.1. The monoisotopic (exact) mass is 425 g/mol. The van der Waals surface area contributed by atoms with Crippen molar-refractivity contribution in [3.05, 3.63) is 77.5 Å². The first-order valence-corrected chi connectivity index (χ1v) is 10.6. The highest BCUT2D eigenvalue weighted by Crippen LogP contribution is 2.31. The van der Waals surface area contributed by atoms with Gasteiger partial charge in [0.25, 0.3) is 0 Å². The van der Waals surface area contributed by atoms with Crippen molar-refractivity contribution >= 4 is 45.2 Å². The molecule has 8 heteroatoms. The van der Waals surface area contributed by atoms with Crippen molar-refractivity contribution in [3.8, 4) is 0 Å². The molecule has 4 aromatic rings. The summed E-state index contributed by atoms with van der Waals surface area (Å²) in [5, 5.41) is 7.97. The molecule has 2 N–H and O–H groups in total. The van der Waals surface area contributed by atoms with E-state index in [0.29, 0.717) is 16.6 Å². The van der Waals surface area contributed by atoms with E-state index in [9.17, 15) is 4.55 Å². The van der Waals surface area contributed by atoms with Crippen molar-refractivity contribution in [3.63, 3.8) is 0 Å². The maximum absolute atomic E-state index is 13.2. The van der Waals surface area contributed by atoms with Crippen molar-refractivity contribution in [2.45, 2.75) is 18.4 Å². The number of benzene rings is 1. The fourth-order valence-corrected chi connectivity index (χ4v) is 4.57. The fourth-order valence-electron chi connectivity index (χ4n) is 3.20. The average Bonchev–Trinajstić information content (AvgIpc) is 3.09. The quantitative estimate of drug-likeness (QED) is 0.353. The Balaban J connectivity index is 1.80. The number of rotatable bonds is 6. The minimum atomic E-state index is -1.41. The van der Waals surface area contributed by atoms with Gasteiger partial charge in [-0.1, -0.05) is 17.7 Å². The van der Waals surface area contributed by atoms with Crippen LogP contribution in [0.15, 0.2) is 66.1 Å². The molecule has 29 heavy (non-hydrogen) atoms. The van der Waals surface area contributed by atoms with Gasteiger partial charge in [0.2, 0.25) is 0 Å². The molecule has 0 aliphatic heterocycles. The third-order valence-corrected chi connectivity index (χ3v) is 6.21. The maximum Gasteiger partial charge on any atom is 0.198 e. The van der Waals surface area contributed by atoms with Gasteiger partial charge in [-0.2, -0.15) is 3.97 Å². The topological polar surface area (TPSA) is 77.8 Å². The second kappa shape index (κ2) is 8.42. The van der Waals surface area contributed by atoms with Gasteiger partial charge in [-0.25, -0.2) is 4.98 Å². The minimum Gasteiger partial charge on any atom is -0.587 e. The van der Waals surface area contributed by atoms with E-state index in [0.717, 1.165) is 33.4 Å². The molecule has 0 radical (unpaired) electrons. The van der Waals surface area contributed by atoms with Crippen molar-refractivity contribution in [1.29, 1.82) is 0 Å². The number of aromatic nitrogens is 3. The van der Waals surface area contributed by atoms with Crippen LogP contribution in [0.2, 0.25) is 5.15 Å². The van der Waals surface area contributed by atoms with Crippen LogP contribution in [0.25, 0.3) is 10.9 Å². The van der Waals surface area contributed by atoms with Crippen molar-refractivity contribution in [2.75, 3.05) is 12.4 Å². The molecule has 3 aromatic heterocycles. The largest absolute Gasteiger partial charge is 0.587 e. The Morgan fingerprint density at radius 3 is 2.79 bits per heavy atom. The second-order valence-electron chi connectivity index (χ2n) is 6.60. The number of pyridine rings is 2. The number of nitrogens with one attached hydrogen (secondary N) is 2. The average molecular weight is 426 g/mol. The van der Waals surface area contributed by atoms with Crippen molar-refractivity contribution in [2.24, 2.45) is 0 Å². The Morgan fingerprint density at radius 2 is 2.07 bits per heavy atom. The summed E-state index contributed by atoms with van der Waals surface area (Å²) in [6, 6.07) is 11.5. The zero-order valence-electron chi connectivity index (χ0n) is 16.0. The van der Waals surface area contributed by atoms with Crippen LogP contribution in [0.1, 0.15) is 11.1 Å². The Kier molecular flexibility index (Phi) is 5.73. The molecule has 0 fully saturated rings. The molecule has 1 unspecified atom stereocenters. The normalized spacial score (nSPS) is 12.3. The SMILES string of the molecule is CNCc1cn([S+]([O-])c2cccnc2)c2cc(Nc3c(C)ccnc3Cl)ccc12. The number of aryl methyl sites for hydroxylation is 1. The Labute approximate surface area is 177 Å². The molecule has 0 spiro atoms. The van der Waals surface area contributed by atoms with Crippen molar-refractivity contribution < 1.29 is 4.55 Å². The van der Waals surface area contributed by atoms with Gasteiger partial charge in [-0.15, -0.1) is 0 Å². The lowest BCUT2D eigenvalue weighted by Crippen LogP contribution is -2.12. The summed E-state index contributed by atoms with van der Waals surface area (Å²) in [7, 11) is 1.89. The van der Waals surface area contributed by atoms with E-state index in [1.807, 2.05) is 50.5 Å². The van der Waals surface area contributed by atoms with Crippen LogP contribution in [-0.2, 0) is 17.9 Å². The fraction of sp³-hybridized carbons (Fsp3) is 0.143. The van der Waals surface area contributed by atoms with Gasteiger partial charge in [0.15, 0.2) is 10.0 Å². The molecule has 6 nitrogen and oxygen atoms in total. The first-order chi connectivity index (χ1) is 14.1. The van der Waals surface area contributed by atoms with Crippen LogP contribution >= 0.6 is 11.6 Å². The molecule has 0 aliphatic carbocycles. The summed E-state index contributed by atoms with van der Waals surface area (Å²) in [6.45, 7) is 2.65. The van der Waals surface area contributed by atoms with E-state index in [4.69, 9.17) is 11.6 Å². The smallest absolute Gasteiger partial charge is 0.198 e. The zero-order valence-corrected chi connectivity index (χ0v) is 17.6. The van der Waals surface area contributed by atoms with Gasteiger partial charge in [-0.3, -0.25) is 4.98 Å². The van der Waals surface area contributed by atoms with Gasteiger partial charge in [0, 0.05) is 30.0 Å². The zero-order chi connectivity index (χ0) is 20.4. The van der Waals surface area contributed by atoms with E-state index in [2.05, 4.69) is 20.6 Å². The molecule has 0 aliphatic rings. The molecule has 0 bridgehead atoms. The van der Waals surface area contributed by atoms with Crippen LogP contribution < -0.4 is 10.6 Å². The van der Waals surface area contributed by atoms with Crippen LogP contribution in [-0.4, -0.2) is 25.5 Å². The number of nitrogens with zero attached hydrogens (tertiary/aromatic N) is 3. The van der Waals surface area contributed by atoms with Crippen LogP contribution in [0.5, 0.6) is 0 Å². The van der Waals surface area contributed by atoms with E-state index in [1.165, 1.54) is 0 Å². The van der Waals surface area contributed by atoms with Gasteiger partial charge in [0.1, 0.15) is 16.9 Å². The Bertz CT molecular complexity index is 1130. The molecule has 4 rings (SSSR count). The predicted octanol–water partition coefficient (Wildman–Crippen LogP) is 4.43. The predicted molar refractivity (Wildman–Crippen MR) is 118 cm³/mol. The van der Waals surface area contributed by atoms with E-state index in [-0.39, 0.29) is 0 Å². The highest BCUT2D eigenvalue weighted by atomic mass is 35.5. The lowest BCUT2D eigenvalue weighted by molar-refractivity contribution is 0.587. The number of fused-ring (bicyclic) bond motifs is 1. The minimum absolute atomic E-state index is 0.412. The van der Waals surface area contributed by atoms with Crippen molar-refractivity contribution in [1.82, 2.24) is 19.3 Å². The molecular weight excluding hydrogens is 406 g/mol. The number of halogens is 1. The highest BCUT2D eigenvalue weighted by molar-refractivity contribution is 7.90. The summed E-state index contributed by atoms with van der Waals surface area (Å²) < 4.78 is 15.0. The molecule has 0 saturated heterocycles. The van der Waals surface area contributed by atoms with Gasteiger partial charge in [0.05, 0.1) is 18.1 Å². The Morgan fingerprint density at radius 1 is 1.21 bits per heavy atom. The molecule has 148 valence electrons. The molecule has 3 heterocycles. The molecular formula is C21H20ClN5OS. The first-order valence-electron chi connectivity index (χ1n) is 9.07. The highest BCUT2D eigenvalue weighted by Gasteiger charge is 2.20. The molecule has 1 aromatic carbocycles. The third kappa shape index (κ3) is 3.95. The summed E-state index contributed by atoms with van der Waals surface area (Å²) in [5.41, 5.74) is 4.53. The number of hydrogen-bond donors (Lipinski definition) is 2. The summed E-state index contributed by atoms with van der Waals surface area (Å²) in [6.07, 6.45) is 6.90. The first kappa shape index (κ1) is 19.7. The summed E-state index contributed by atoms with van der Waals surface area (Å²) in [5.74, 6) is 0. The summed E-state index contributed by atoms with van der Waals surface area (Å²) >= 11 is 4.85. The van der Waals surface area contributed by atoms with Crippen LogP contribution in [0.4, 0.5) is 11.4 Å². The number of hydrogen-bond acceptors (Lipinski definition) is 5. The standard InChI is InChI=1S/C21H20ClN5OS/c1-14-7-9-25-21(22)20(14)26-16-5-6-18-15(11-23-2)13-27(19(18)10-16)29(28)17-4-3-8-24-12-17/h3-10,12-13,23,26H,11H2,1-2H3. The molecule has 1 atom stereocenters. The van der Waals surface area contributed by atoms with Gasteiger partial charge < -0.3 is 15.2 Å². The van der Waals surface area contributed by atoms with E-state index in [1.54, 1.807) is 28.6 Å². The third-order valence-electron chi connectivity index (χ3n) is 4.62. The maximum atomic E-state index is 13.2.